The summed E-state index contributed by atoms with van der Waals surface area (Å²) >= 11 is 1.56. The van der Waals surface area contributed by atoms with Crippen LogP contribution in [-0.4, -0.2) is 35.4 Å². The molecule has 1 fully saturated rings. The average Bonchev–Trinajstić information content (AvgIpc) is 2.65. The standard InChI is InChI=1S/C9H14N2OS/c10-4-3-7-13-8-9(12)11-5-1-2-6-11/h1-3,5-8H2. The van der Waals surface area contributed by atoms with Crippen molar-refractivity contribution in [3.63, 3.8) is 0 Å². The summed E-state index contributed by atoms with van der Waals surface area (Å²) in [5, 5.41) is 8.28. The van der Waals surface area contributed by atoms with Crippen LogP contribution < -0.4 is 0 Å². The van der Waals surface area contributed by atoms with Crippen molar-refractivity contribution in [1.82, 2.24) is 4.90 Å². The van der Waals surface area contributed by atoms with Gasteiger partial charge in [0.1, 0.15) is 0 Å². The van der Waals surface area contributed by atoms with Crippen LogP contribution in [0.25, 0.3) is 0 Å². The normalized spacial score (nSPS) is 15.8. The molecule has 0 N–H and O–H groups in total. The lowest BCUT2D eigenvalue weighted by atomic mass is 10.4. The van der Waals surface area contributed by atoms with Gasteiger partial charge in [0, 0.05) is 25.3 Å². The molecule has 0 aromatic heterocycles. The smallest absolute Gasteiger partial charge is 0.232 e. The molecule has 0 radical (unpaired) electrons. The third-order valence-electron chi connectivity index (χ3n) is 2.04. The van der Waals surface area contributed by atoms with Gasteiger partial charge in [-0.05, 0) is 12.8 Å². The Bertz CT molecular complexity index is 206. The summed E-state index contributed by atoms with van der Waals surface area (Å²) in [6.07, 6.45) is 2.83. The van der Waals surface area contributed by atoms with E-state index in [2.05, 4.69) is 6.07 Å². The number of hydrogen-bond acceptors (Lipinski definition) is 3. The Morgan fingerprint density at radius 3 is 2.77 bits per heavy atom. The van der Waals surface area contributed by atoms with Crippen molar-refractivity contribution < 1.29 is 4.79 Å². The highest BCUT2D eigenvalue weighted by Crippen LogP contribution is 2.10. The molecule has 1 aliphatic rings. The molecule has 0 unspecified atom stereocenters. The molecule has 1 rings (SSSR count). The maximum atomic E-state index is 11.4. The molecule has 0 saturated carbocycles. The number of amides is 1. The van der Waals surface area contributed by atoms with Crippen LogP contribution in [0.3, 0.4) is 0 Å². The van der Waals surface area contributed by atoms with Crippen molar-refractivity contribution in [2.24, 2.45) is 0 Å². The highest BCUT2D eigenvalue weighted by molar-refractivity contribution is 7.99. The first-order valence-corrected chi connectivity index (χ1v) is 5.72. The molecule has 1 heterocycles. The van der Waals surface area contributed by atoms with Crippen molar-refractivity contribution in [3.05, 3.63) is 0 Å². The molecule has 1 aliphatic heterocycles. The molecule has 0 bridgehead atoms. The predicted molar refractivity (Wildman–Crippen MR) is 53.4 cm³/mol. The fourth-order valence-corrected chi connectivity index (χ4v) is 2.07. The average molecular weight is 198 g/mol. The number of thioether (sulfide) groups is 1. The molecule has 72 valence electrons. The minimum Gasteiger partial charge on any atom is -0.342 e. The molecule has 0 aromatic rings. The third-order valence-corrected chi connectivity index (χ3v) is 2.99. The Kier molecular flexibility index (Phi) is 4.69. The quantitative estimate of drug-likeness (QED) is 0.639. The van der Waals surface area contributed by atoms with E-state index in [1.165, 1.54) is 0 Å². The first-order chi connectivity index (χ1) is 6.34. The molecule has 0 aromatic carbocycles. The first kappa shape index (κ1) is 10.4. The predicted octanol–water partition coefficient (Wildman–Crippen LogP) is 1.26. The maximum absolute atomic E-state index is 11.4. The van der Waals surface area contributed by atoms with Gasteiger partial charge in [0.2, 0.25) is 5.91 Å². The van der Waals surface area contributed by atoms with Crippen molar-refractivity contribution in [2.75, 3.05) is 24.6 Å². The summed E-state index contributed by atoms with van der Waals surface area (Å²) in [7, 11) is 0. The van der Waals surface area contributed by atoms with Gasteiger partial charge in [-0.2, -0.15) is 17.0 Å². The molecular formula is C9H14N2OS. The number of hydrogen-bond donors (Lipinski definition) is 0. The maximum Gasteiger partial charge on any atom is 0.232 e. The van der Waals surface area contributed by atoms with Crippen molar-refractivity contribution in [3.8, 4) is 6.07 Å². The Balaban J connectivity index is 2.07. The molecule has 0 aliphatic carbocycles. The lowest BCUT2D eigenvalue weighted by Crippen LogP contribution is -2.29. The fourth-order valence-electron chi connectivity index (χ4n) is 1.34. The van der Waals surface area contributed by atoms with Crippen LogP contribution in [0.4, 0.5) is 0 Å². The second-order valence-electron chi connectivity index (χ2n) is 3.05. The summed E-state index contributed by atoms with van der Waals surface area (Å²) in [5.41, 5.74) is 0. The highest BCUT2D eigenvalue weighted by Gasteiger charge is 2.16. The van der Waals surface area contributed by atoms with Crippen LogP contribution >= 0.6 is 11.8 Å². The van der Waals surface area contributed by atoms with Gasteiger partial charge >= 0.3 is 0 Å². The SMILES string of the molecule is N#CCCSCC(=O)N1CCCC1. The van der Waals surface area contributed by atoms with E-state index < -0.39 is 0 Å². The van der Waals surface area contributed by atoms with Crippen molar-refractivity contribution in [1.29, 1.82) is 5.26 Å². The number of carbonyl (C=O) groups excluding carboxylic acids is 1. The van der Waals surface area contributed by atoms with E-state index in [0.717, 1.165) is 31.7 Å². The monoisotopic (exact) mass is 198 g/mol. The molecule has 13 heavy (non-hydrogen) atoms. The van der Waals surface area contributed by atoms with Gasteiger partial charge in [-0.1, -0.05) is 0 Å². The summed E-state index contributed by atoms with van der Waals surface area (Å²) < 4.78 is 0. The van der Waals surface area contributed by atoms with E-state index in [9.17, 15) is 4.79 Å². The van der Waals surface area contributed by atoms with E-state index >= 15 is 0 Å². The summed E-state index contributed by atoms with van der Waals surface area (Å²) in [6.45, 7) is 1.86. The van der Waals surface area contributed by atoms with Gasteiger partial charge < -0.3 is 4.90 Å². The van der Waals surface area contributed by atoms with E-state index in [1.807, 2.05) is 4.90 Å². The van der Waals surface area contributed by atoms with Crippen LogP contribution in [-0.2, 0) is 4.79 Å². The van der Waals surface area contributed by atoms with Crippen LogP contribution in [0.5, 0.6) is 0 Å². The van der Waals surface area contributed by atoms with Crippen molar-refractivity contribution >= 4 is 17.7 Å². The zero-order valence-corrected chi connectivity index (χ0v) is 8.48. The first-order valence-electron chi connectivity index (χ1n) is 4.57. The van der Waals surface area contributed by atoms with Crippen LogP contribution in [0, 0.1) is 11.3 Å². The molecule has 1 saturated heterocycles. The van der Waals surface area contributed by atoms with E-state index in [0.29, 0.717) is 12.2 Å². The number of rotatable bonds is 4. The topological polar surface area (TPSA) is 44.1 Å². The third kappa shape index (κ3) is 3.69. The Morgan fingerprint density at radius 2 is 2.15 bits per heavy atom. The molecule has 0 atom stereocenters. The number of nitrogens with zero attached hydrogens (tertiary/aromatic N) is 2. The molecule has 0 spiro atoms. The van der Waals surface area contributed by atoms with E-state index in [-0.39, 0.29) is 5.91 Å². The largest absolute Gasteiger partial charge is 0.342 e. The number of nitriles is 1. The summed E-state index contributed by atoms with van der Waals surface area (Å²) in [6, 6.07) is 2.07. The zero-order valence-electron chi connectivity index (χ0n) is 7.66. The fraction of sp³-hybridized carbons (Fsp3) is 0.778. The summed E-state index contributed by atoms with van der Waals surface area (Å²) in [5.74, 6) is 1.55. The van der Waals surface area contributed by atoms with Gasteiger partial charge in [-0.15, -0.1) is 0 Å². The van der Waals surface area contributed by atoms with Crippen LogP contribution in [0.2, 0.25) is 0 Å². The molecule has 4 heteroatoms. The molecule has 3 nitrogen and oxygen atoms in total. The number of likely N-dealkylation sites (tertiary alicyclic amines) is 1. The van der Waals surface area contributed by atoms with Gasteiger partial charge in [0.15, 0.2) is 0 Å². The minimum atomic E-state index is 0.237. The second kappa shape index (κ2) is 5.87. The molecule has 1 amide bonds. The van der Waals surface area contributed by atoms with E-state index in [1.54, 1.807) is 11.8 Å². The van der Waals surface area contributed by atoms with Crippen LogP contribution in [0.1, 0.15) is 19.3 Å². The van der Waals surface area contributed by atoms with Gasteiger partial charge in [-0.3, -0.25) is 4.79 Å². The Hall–Kier alpha value is -0.690. The molecular weight excluding hydrogens is 184 g/mol. The minimum absolute atomic E-state index is 0.237. The second-order valence-corrected chi connectivity index (χ2v) is 4.15. The Morgan fingerprint density at radius 1 is 1.46 bits per heavy atom. The van der Waals surface area contributed by atoms with Gasteiger partial charge in [-0.25, -0.2) is 0 Å². The summed E-state index contributed by atoms with van der Waals surface area (Å²) in [4.78, 5) is 13.3. The van der Waals surface area contributed by atoms with E-state index in [4.69, 9.17) is 5.26 Å². The van der Waals surface area contributed by atoms with Gasteiger partial charge in [0.25, 0.3) is 0 Å². The number of carbonyl (C=O) groups is 1. The zero-order chi connectivity index (χ0) is 9.52. The lowest BCUT2D eigenvalue weighted by molar-refractivity contribution is -0.127. The van der Waals surface area contributed by atoms with Crippen LogP contribution in [0.15, 0.2) is 0 Å². The van der Waals surface area contributed by atoms with Crippen molar-refractivity contribution in [2.45, 2.75) is 19.3 Å². The lowest BCUT2D eigenvalue weighted by Gasteiger charge is -2.14. The Labute approximate surface area is 83.1 Å². The highest BCUT2D eigenvalue weighted by atomic mass is 32.2. The van der Waals surface area contributed by atoms with Gasteiger partial charge in [0.05, 0.1) is 11.8 Å².